The highest BCUT2D eigenvalue weighted by Gasteiger charge is 2.41. The first kappa shape index (κ1) is 16.1. The predicted octanol–water partition coefficient (Wildman–Crippen LogP) is 0.354. The summed E-state index contributed by atoms with van der Waals surface area (Å²) in [5.41, 5.74) is 11.4. The van der Waals surface area contributed by atoms with E-state index in [9.17, 15) is 8.78 Å². The standard InChI is InChI=1S/C16H23F2N5/c1-8(2)22-15-12-6-16(20,10-4-11(19)5-10)21-7-9(12)3-13(23-15)14(17)18/h3,6-8,10-11,14,21H,4-5,19-20H2,1-2H3,(H,22,23). The first-order valence-corrected chi connectivity index (χ1v) is 7.89. The summed E-state index contributed by atoms with van der Waals surface area (Å²) in [7, 11) is 0. The normalized spacial score (nSPS) is 29.2. The number of hydrogen-bond acceptors (Lipinski definition) is 5. The van der Waals surface area contributed by atoms with E-state index in [1.807, 2.05) is 19.9 Å². The maximum atomic E-state index is 13.1. The van der Waals surface area contributed by atoms with Crippen LogP contribution in [0.4, 0.5) is 14.6 Å². The van der Waals surface area contributed by atoms with Crippen LogP contribution in [0.5, 0.6) is 0 Å². The number of aromatic nitrogens is 1. The number of nitrogens with zero attached hydrogens (tertiary/aromatic N) is 1. The number of fused-ring (bicyclic) bond motifs is 1. The molecule has 0 amide bonds. The van der Waals surface area contributed by atoms with Gasteiger partial charge in [0.25, 0.3) is 6.43 Å². The van der Waals surface area contributed by atoms with E-state index in [1.165, 1.54) is 6.07 Å². The van der Waals surface area contributed by atoms with Crippen LogP contribution in [0.25, 0.3) is 12.3 Å². The third-order valence-electron chi connectivity index (χ3n) is 4.47. The second-order valence-electron chi connectivity index (χ2n) is 6.79. The molecule has 0 spiro atoms. The minimum atomic E-state index is -2.62. The Morgan fingerprint density at radius 3 is 2.65 bits per heavy atom. The molecule has 0 saturated heterocycles. The van der Waals surface area contributed by atoms with Crippen LogP contribution in [0.3, 0.4) is 0 Å². The molecule has 2 heterocycles. The summed E-state index contributed by atoms with van der Waals surface area (Å²) in [5, 5.41) is 7.75. The summed E-state index contributed by atoms with van der Waals surface area (Å²) in [5.74, 6) is 0.674. The second-order valence-corrected chi connectivity index (χ2v) is 6.79. The van der Waals surface area contributed by atoms with E-state index in [4.69, 9.17) is 11.5 Å². The van der Waals surface area contributed by atoms with Crippen LogP contribution < -0.4 is 32.5 Å². The number of hydrogen-bond donors (Lipinski definition) is 4. The van der Waals surface area contributed by atoms with E-state index < -0.39 is 12.1 Å². The lowest BCUT2D eigenvalue weighted by atomic mass is 9.72. The Morgan fingerprint density at radius 1 is 1.39 bits per heavy atom. The molecule has 1 aromatic heterocycles. The summed E-state index contributed by atoms with van der Waals surface area (Å²) in [6.07, 6.45) is 2.68. The van der Waals surface area contributed by atoms with Crippen molar-refractivity contribution in [1.82, 2.24) is 10.3 Å². The first-order chi connectivity index (χ1) is 10.8. The molecule has 1 atom stereocenters. The highest BCUT2D eigenvalue weighted by atomic mass is 19.3. The topological polar surface area (TPSA) is 89.0 Å². The van der Waals surface area contributed by atoms with Gasteiger partial charge in [0.05, 0.1) is 0 Å². The van der Waals surface area contributed by atoms with Gasteiger partial charge in [-0.3, -0.25) is 0 Å². The number of rotatable bonds is 4. The fraction of sp³-hybridized carbons (Fsp3) is 0.562. The predicted molar refractivity (Wildman–Crippen MR) is 86.9 cm³/mol. The minimum absolute atomic E-state index is 0.0760. The van der Waals surface area contributed by atoms with Crippen LogP contribution in [-0.4, -0.2) is 22.7 Å². The quantitative estimate of drug-likeness (QED) is 0.642. The van der Waals surface area contributed by atoms with Gasteiger partial charge in [-0.05, 0) is 38.8 Å². The first-order valence-electron chi connectivity index (χ1n) is 7.89. The Labute approximate surface area is 133 Å². The zero-order valence-electron chi connectivity index (χ0n) is 13.3. The molecule has 0 aromatic carbocycles. The van der Waals surface area contributed by atoms with Crippen molar-refractivity contribution in [2.24, 2.45) is 17.4 Å². The molecule has 0 radical (unpaired) electrons. The summed E-state index contributed by atoms with van der Waals surface area (Å²) in [4.78, 5) is 4.09. The zero-order chi connectivity index (χ0) is 16.8. The van der Waals surface area contributed by atoms with Gasteiger partial charge in [-0.2, -0.15) is 0 Å². The highest BCUT2D eigenvalue weighted by Crippen LogP contribution is 2.34. The lowest BCUT2D eigenvalue weighted by Crippen LogP contribution is -2.64. The molecule has 1 aromatic rings. The number of nitrogens with one attached hydrogen (secondary N) is 2. The molecule has 3 rings (SSSR count). The number of pyridine rings is 1. The largest absolute Gasteiger partial charge is 0.369 e. The van der Waals surface area contributed by atoms with E-state index in [0.717, 1.165) is 18.1 Å². The fourth-order valence-corrected chi connectivity index (χ4v) is 3.13. The van der Waals surface area contributed by atoms with Gasteiger partial charge in [-0.15, -0.1) is 0 Å². The van der Waals surface area contributed by atoms with E-state index >= 15 is 0 Å². The second kappa shape index (κ2) is 5.72. The lowest BCUT2D eigenvalue weighted by molar-refractivity contribution is 0.146. The Bertz CT molecular complexity index is 712. The molecule has 2 aliphatic rings. The monoisotopic (exact) mass is 323 g/mol. The van der Waals surface area contributed by atoms with Gasteiger partial charge in [-0.25, -0.2) is 13.8 Å². The van der Waals surface area contributed by atoms with Gasteiger partial charge in [0, 0.05) is 34.6 Å². The number of halogens is 2. The van der Waals surface area contributed by atoms with Crippen molar-refractivity contribution in [1.29, 1.82) is 0 Å². The number of anilines is 1. The van der Waals surface area contributed by atoms with Crippen LogP contribution in [-0.2, 0) is 0 Å². The molecule has 1 aliphatic heterocycles. The Balaban J connectivity index is 2.09. The third-order valence-corrected chi connectivity index (χ3v) is 4.47. The number of alkyl halides is 2. The van der Waals surface area contributed by atoms with Crippen molar-refractivity contribution in [3.05, 3.63) is 22.2 Å². The molecule has 1 unspecified atom stereocenters. The summed E-state index contributed by atoms with van der Waals surface area (Å²) < 4.78 is 26.1. The lowest BCUT2D eigenvalue weighted by Gasteiger charge is -2.45. The van der Waals surface area contributed by atoms with Crippen LogP contribution in [0.2, 0.25) is 0 Å². The van der Waals surface area contributed by atoms with Gasteiger partial charge < -0.3 is 22.1 Å². The molecule has 1 aliphatic carbocycles. The molecule has 5 nitrogen and oxygen atoms in total. The molecular weight excluding hydrogens is 300 g/mol. The van der Waals surface area contributed by atoms with Crippen LogP contribution in [0, 0.1) is 5.92 Å². The Kier molecular flexibility index (Phi) is 4.01. The van der Waals surface area contributed by atoms with Gasteiger partial charge in [-0.1, -0.05) is 0 Å². The fourth-order valence-electron chi connectivity index (χ4n) is 3.13. The molecular formula is C16H23F2N5. The van der Waals surface area contributed by atoms with Gasteiger partial charge >= 0.3 is 0 Å². The Hall–Kier alpha value is -1.73. The highest BCUT2D eigenvalue weighted by molar-refractivity contribution is 5.55. The van der Waals surface area contributed by atoms with E-state index in [0.29, 0.717) is 11.0 Å². The maximum Gasteiger partial charge on any atom is 0.280 e. The van der Waals surface area contributed by atoms with E-state index in [1.54, 1.807) is 6.20 Å². The van der Waals surface area contributed by atoms with Gasteiger partial charge in [0.15, 0.2) is 0 Å². The van der Waals surface area contributed by atoms with Crippen molar-refractivity contribution in [3.63, 3.8) is 0 Å². The molecule has 7 heteroatoms. The van der Waals surface area contributed by atoms with Crippen LogP contribution >= 0.6 is 0 Å². The summed E-state index contributed by atoms with van der Waals surface area (Å²) in [6, 6.07) is 1.66. The van der Waals surface area contributed by atoms with Gasteiger partial charge in [0.2, 0.25) is 0 Å². The van der Waals surface area contributed by atoms with Crippen molar-refractivity contribution in [2.45, 2.75) is 50.9 Å². The molecule has 6 N–H and O–H groups in total. The van der Waals surface area contributed by atoms with Crippen molar-refractivity contribution in [3.8, 4) is 0 Å². The SMILES string of the molecule is CC(C)Nc1nc(C(F)F)cc2c1=CC(N)(C1CC(N)C1)NC=2. The van der Waals surface area contributed by atoms with Crippen molar-refractivity contribution >= 4 is 18.1 Å². The van der Waals surface area contributed by atoms with Crippen molar-refractivity contribution in [2.75, 3.05) is 5.32 Å². The minimum Gasteiger partial charge on any atom is -0.369 e. The van der Waals surface area contributed by atoms with E-state index in [-0.39, 0.29) is 23.7 Å². The summed E-state index contributed by atoms with van der Waals surface area (Å²) in [6.45, 7) is 3.88. The number of nitrogens with two attached hydrogens (primary N) is 2. The molecule has 0 bridgehead atoms. The zero-order valence-corrected chi connectivity index (χ0v) is 13.3. The smallest absolute Gasteiger partial charge is 0.280 e. The molecule has 126 valence electrons. The molecule has 23 heavy (non-hydrogen) atoms. The third kappa shape index (κ3) is 3.03. The average molecular weight is 323 g/mol. The molecule has 1 fully saturated rings. The van der Waals surface area contributed by atoms with Gasteiger partial charge in [0.1, 0.15) is 17.2 Å². The van der Waals surface area contributed by atoms with Crippen LogP contribution in [0.15, 0.2) is 6.07 Å². The Morgan fingerprint density at radius 2 is 2.09 bits per heavy atom. The maximum absolute atomic E-state index is 13.1. The van der Waals surface area contributed by atoms with Crippen molar-refractivity contribution < 1.29 is 8.78 Å². The summed E-state index contributed by atoms with van der Waals surface area (Å²) >= 11 is 0. The molecule has 1 saturated carbocycles. The van der Waals surface area contributed by atoms with Crippen LogP contribution in [0.1, 0.15) is 38.8 Å². The average Bonchev–Trinajstić information content (AvgIpc) is 2.43. The van der Waals surface area contributed by atoms with E-state index in [2.05, 4.69) is 15.6 Å².